The molecule has 0 aliphatic carbocycles. The van der Waals surface area contributed by atoms with Gasteiger partial charge in [-0.25, -0.2) is 4.79 Å². The summed E-state index contributed by atoms with van der Waals surface area (Å²) in [7, 11) is 1.63. The molecule has 0 aliphatic heterocycles. The molecule has 18 heavy (non-hydrogen) atoms. The van der Waals surface area contributed by atoms with Gasteiger partial charge in [0.05, 0.1) is 6.61 Å². The molecule has 0 bridgehead atoms. The van der Waals surface area contributed by atoms with Crippen molar-refractivity contribution in [3.63, 3.8) is 0 Å². The quantitative estimate of drug-likeness (QED) is 0.581. The van der Waals surface area contributed by atoms with E-state index in [9.17, 15) is 9.59 Å². The van der Waals surface area contributed by atoms with E-state index in [0.29, 0.717) is 26.0 Å². The number of carboxylic acids is 1. The van der Waals surface area contributed by atoms with Gasteiger partial charge in [0.15, 0.2) is 0 Å². The minimum absolute atomic E-state index is 0.0259. The molecule has 0 rings (SSSR count). The van der Waals surface area contributed by atoms with E-state index in [1.807, 2.05) is 13.8 Å². The zero-order valence-electron chi connectivity index (χ0n) is 11.4. The van der Waals surface area contributed by atoms with Gasteiger partial charge in [0.1, 0.15) is 0 Å². The minimum Gasteiger partial charge on any atom is -0.481 e. The Morgan fingerprint density at radius 1 is 1.33 bits per heavy atom. The maximum absolute atomic E-state index is 11.5. The lowest BCUT2D eigenvalue weighted by Crippen LogP contribution is -2.42. The zero-order chi connectivity index (χ0) is 14.0. The second kappa shape index (κ2) is 9.70. The molecule has 2 atom stereocenters. The van der Waals surface area contributed by atoms with E-state index in [-0.39, 0.29) is 24.4 Å². The first-order chi connectivity index (χ1) is 8.45. The number of nitrogens with one attached hydrogen (secondary N) is 2. The summed E-state index contributed by atoms with van der Waals surface area (Å²) in [6, 6.07) is -0.247. The molecule has 0 saturated carbocycles. The van der Waals surface area contributed by atoms with Crippen LogP contribution in [0.2, 0.25) is 0 Å². The molecule has 106 valence electrons. The molecule has 0 radical (unpaired) electrons. The third-order valence-corrected chi connectivity index (χ3v) is 2.47. The maximum atomic E-state index is 11.5. The average molecular weight is 260 g/mol. The van der Waals surface area contributed by atoms with Crippen molar-refractivity contribution in [1.29, 1.82) is 0 Å². The van der Waals surface area contributed by atoms with Crippen molar-refractivity contribution in [2.24, 2.45) is 5.92 Å². The first-order valence-electron chi connectivity index (χ1n) is 6.20. The van der Waals surface area contributed by atoms with Gasteiger partial charge in [-0.15, -0.1) is 0 Å². The second-order valence-electron chi connectivity index (χ2n) is 4.60. The van der Waals surface area contributed by atoms with Crippen LogP contribution in [0.25, 0.3) is 0 Å². The fraction of sp³-hybridized carbons (Fsp3) is 0.833. The Balaban J connectivity index is 3.63. The summed E-state index contributed by atoms with van der Waals surface area (Å²) in [5.41, 5.74) is 0. The van der Waals surface area contributed by atoms with E-state index in [4.69, 9.17) is 9.84 Å². The van der Waals surface area contributed by atoms with Crippen molar-refractivity contribution in [2.75, 3.05) is 20.3 Å². The molecule has 3 N–H and O–H groups in total. The molecule has 0 aromatic rings. The molecule has 0 saturated heterocycles. The topological polar surface area (TPSA) is 87.7 Å². The van der Waals surface area contributed by atoms with E-state index in [2.05, 4.69) is 10.6 Å². The van der Waals surface area contributed by atoms with Crippen LogP contribution in [0.1, 0.15) is 33.1 Å². The Morgan fingerprint density at radius 2 is 2.00 bits per heavy atom. The van der Waals surface area contributed by atoms with Gasteiger partial charge in [-0.1, -0.05) is 6.92 Å². The molecule has 6 heteroatoms. The number of ether oxygens (including phenoxy) is 1. The highest BCUT2D eigenvalue weighted by Gasteiger charge is 2.09. The van der Waals surface area contributed by atoms with Gasteiger partial charge in [0, 0.05) is 26.1 Å². The summed E-state index contributed by atoms with van der Waals surface area (Å²) in [5, 5.41) is 14.0. The Bertz CT molecular complexity index is 258. The number of rotatable bonds is 9. The lowest BCUT2D eigenvalue weighted by molar-refractivity contribution is -0.137. The van der Waals surface area contributed by atoms with Crippen LogP contribution in [0.3, 0.4) is 0 Å². The molecule has 0 spiro atoms. The highest BCUT2D eigenvalue weighted by molar-refractivity contribution is 5.74. The van der Waals surface area contributed by atoms with Gasteiger partial charge >= 0.3 is 12.0 Å². The molecule has 0 fully saturated rings. The van der Waals surface area contributed by atoms with Crippen molar-refractivity contribution in [2.45, 2.75) is 39.2 Å². The van der Waals surface area contributed by atoms with Crippen LogP contribution in [0.15, 0.2) is 0 Å². The van der Waals surface area contributed by atoms with Crippen LogP contribution in [0.4, 0.5) is 4.79 Å². The molecule has 0 heterocycles. The SMILES string of the molecule is COCC(C)CNC(=O)NC(C)CCCC(=O)O. The Morgan fingerprint density at radius 3 is 2.56 bits per heavy atom. The fourth-order valence-corrected chi connectivity index (χ4v) is 1.52. The molecule has 0 aliphatic rings. The number of amides is 2. The van der Waals surface area contributed by atoms with E-state index in [1.54, 1.807) is 7.11 Å². The summed E-state index contributed by atoms with van der Waals surface area (Å²) in [6.45, 7) is 5.01. The normalized spacial score (nSPS) is 13.7. The maximum Gasteiger partial charge on any atom is 0.315 e. The van der Waals surface area contributed by atoms with E-state index < -0.39 is 5.97 Å². The van der Waals surface area contributed by atoms with Gasteiger partial charge in [0.25, 0.3) is 0 Å². The predicted molar refractivity (Wildman–Crippen MR) is 68.5 cm³/mol. The number of carboxylic acid groups (broad SMARTS) is 1. The number of hydrogen-bond donors (Lipinski definition) is 3. The largest absolute Gasteiger partial charge is 0.481 e. The average Bonchev–Trinajstić information content (AvgIpc) is 2.26. The number of urea groups is 1. The van der Waals surface area contributed by atoms with Gasteiger partial charge in [-0.3, -0.25) is 4.79 Å². The van der Waals surface area contributed by atoms with Crippen LogP contribution >= 0.6 is 0 Å². The van der Waals surface area contributed by atoms with Crippen LogP contribution in [0.5, 0.6) is 0 Å². The van der Waals surface area contributed by atoms with Crippen molar-refractivity contribution >= 4 is 12.0 Å². The molecule has 6 nitrogen and oxygen atoms in total. The third kappa shape index (κ3) is 9.89. The molecular weight excluding hydrogens is 236 g/mol. The lowest BCUT2D eigenvalue weighted by atomic mass is 10.1. The summed E-state index contributed by atoms with van der Waals surface area (Å²) < 4.78 is 4.97. The van der Waals surface area contributed by atoms with Gasteiger partial charge in [-0.2, -0.15) is 0 Å². The second-order valence-corrected chi connectivity index (χ2v) is 4.60. The van der Waals surface area contributed by atoms with Gasteiger partial charge in [-0.05, 0) is 25.7 Å². The third-order valence-electron chi connectivity index (χ3n) is 2.47. The smallest absolute Gasteiger partial charge is 0.315 e. The summed E-state index contributed by atoms with van der Waals surface area (Å²) in [5.74, 6) is -0.539. The summed E-state index contributed by atoms with van der Waals surface area (Å²) in [6.07, 6.45) is 1.36. The number of aliphatic carboxylic acids is 1. The van der Waals surface area contributed by atoms with E-state index >= 15 is 0 Å². The number of methoxy groups -OCH3 is 1. The van der Waals surface area contributed by atoms with E-state index in [0.717, 1.165) is 0 Å². The summed E-state index contributed by atoms with van der Waals surface area (Å²) in [4.78, 5) is 21.8. The van der Waals surface area contributed by atoms with Gasteiger partial charge in [0.2, 0.25) is 0 Å². The highest BCUT2D eigenvalue weighted by Crippen LogP contribution is 2.00. The summed E-state index contributed by atoms with van der Waals surface area (Å²) >= 11 is 0. The standard InChI is InChI=1S/C12H24N2O4/c1-9(8-18-3)7-13-12(17)14-10(2)5-4-6-11(15)16/h9-10H,4-8H2,1-3H3,(H,15,16)(H2,13,14,17). The Hall–Kier alpha value is -1.30. The number of hydrogen-bond acceptors (Lipinski definition) is 3. The predicted octanol–water partition coefficient (Wildman–Crippen LogP) is 1.21. The molecule has 0 aromatic heterocycles. The minimum atomic E-state index is -0.806. The van der Waals surface area contributed by atoms with E-state index in [1.165, 1.54) is 0 Å². The van der Waals surface area contributed by atoms with Crippen LogP contribution < -0.4 is 10.6 Å². The molecule has 2 amide bonds. The Kier molecular flexibility index (Phi) is 9.00. The monoisotopic (exact) mass is 260 g/mol. The number of carbonyl (C=O) groups is 2. The first kappa shape index (κ1) is 16.7. The van der Waals surface area contributed by atoms with Crippen molar-refractivity contribution in [3.05, 3.63) is 0 Å². The number of carbonyl (C=O) groups excluding carboxylic acids is 1. The van der Waals surface area contributed by atoms with Crippen LogP contribution in [-0.4, -0.2) is 43.4 Å². The van der Waals surface area contributed by atoms with Crippen LogP contribution in [-0.2, 0) is 9.53 Å². The van der Waals surface area contributed by atoms with Crippen molar-refractivity contribution in [1.82, 2.24) is 10.6 Å². The first-order valence-corrected chi connectivity index (χ1v) is 6.20. The fourth-order valence-electron chi connectivity index (χ4n) is 1.52. The lowest BCUT2D eigenvalue weighted by Gasteiger charge is -2.16. The molecule has 0 aromatic carbocycles. The Labute approximate surface area is 108 Å². The molecule has 2 unspecified atom stereocenters. The van der Waals surface area contributed by atoms with Gasteiger partial charge < -0.3 is 20.5 Å². The van der Waals surface area contributed by atoms with Crippen molar-refractivity contribution < 1.29 is 19.4 Å². The van der Waals surface area contributed by atoms with Crippen molar-refractivity contribution in [3.8, 4) is 0 Å². The molecular formula is C12H24N2O4. The zero-order valence-corrected chi connectivity index (χ0v) is 11.4. The highest BCUT2D eigenvalue weighted by atomic mass is 16.5. The van der Waals surface area contributed by atoms with Crippen LogP contribution in [0, 0.1) is 5.92 Å².